The molecule has 0 saturated heterocycles. The van der Waals surface area contributed by atoms with Crippen LogP contribution < -0.4 is 82.2 Å². The summed E-state index contributed by atoms with van der Waals surface area (Å²) in [4.78, 5) is 58.6. The number of nitrogens with one attached hydrogen (secondary N) is 12. The molecule has 4 aliphatic heterocycles. The van der Waals surface area contributed by atoms with Gasteiger partial charge in [-0.25, -0.2) is 29.9 Å². The fourth-order valence-electron chi connectivity index (χ4n) is 13.7. The maximum absolute atomic E-state index is 13.5. The molecule has 2 saturated carbocycles. The Bertz CT molecular complexity index is 5880. The maximum Gasteiger partial charge on any atom is 0.421 e. The van der Waals surface area contributed by atoms with Gasteiger partial charge in [-0.05, 0) is 167 Å². The number of pyridine rings is 1. The van der Waals surface area contributed by atoms with Gasteiger partial charge in [-0.1, -0.05) is 24.3 Å². The number of alkyl halides is 13. The molecule has 5 aromatic carbocycles. The Balaban J connectivity index is 0.000000122. The van der Waals surface area contributed by atoms with Gasteiger partial charge in [0.05, 0.1) is 18.5 Å². The molecule has 29 nitrogen and oxygen atoms in total. The first-order valence-electron chi connectivity index (χ1n) is 39.7. The van der Waals surface area contributed by atoms with Crippen molar-refractivity contribution in [1.29, 1.82) is 0 Å². The van der Waals surface area contributed by atoms with Crippen LogP contribution in [0.25, 0.3) is 11.0 Å². The van der Waals surface area contributed by atoms with E-state index >= 15 is 0 Å². The highest BCUT2D eigenvalue weighted by molar-refractivity contribution is 6.20. The minimum absolute atomic E-state index is 0.0209. The molecule has 7 aliphatic rings. The van der Waals surface area contributed by atoms with E-state index in [1.807, 2.05) is 49.5 Å². The topological polar surface area (TPSA) is 353 Å². The number of aryl methyl sites for hydroxylation is 2. The standard InChI is InChI=1S/C21H17F3N4O2.C17H17ClF3N5O.C17H20N4O.C16H15F3N4O2.C13H11F3N6/c22-21(23,24)16-10-25-20(27-15-7-12-3-1-2-4-13(12)8-15)28-19(16)26-14-5-6-17-18(9-14)30-11-29-17;1-9(18)7-22-15-12(17(19,20)21)8-23-16(26-15)24-11-3-4-13-10(6-11)2-5-14(27)25-13;1-11-10-18-17(21-16(11)19-13-3-2-4-13)20-14-5-6-15-12(9-14)7-8-22-15;17-16(18,19)11-7-20-15(22-9-2-1-3-9)23-14(11)21-10-4-5-12-13(6-10)25-8-24-12;1-17-11-9(13(14,15)16)6-20-12(22-11)21-8-4-7-2-3-18-10(7)19-5-8/h1-6,9-10,15H,7-8,11H2,(H2,25,26,27,28);3-4,6,8-9H,2,5,7H2,1H3,(H,25,27)(H2,22,23,24,26);5-6,9-10,13H,2-4,7-8H2,1H3,(H2,18,19,20,21);4-7,9H,1-3,8H2,(H2,20,21,22,23);2-6H,1H3,(H,18,19)(H2,17,20,21,22). The van der Waals surface area contributed by atoms with Crippen LogP contribution in [0.3, 0.4) is 0 Å². The number of nitrogens with zero attached hydrogens (tertiary/aromatic N) is 11. The molecule has 1 amide bonds. The number of ether oxygens (including phenoxy) is 5. The van der Waals surface area contributed by atoms with Gasteiger partial charge in [0, 0.05) is 139 Å². The number of fused-ring (bicyclic) bond motifs is 6. The molecule has 1 unspecified atom stereocenters. The number of hydrogen-bond donors (Lipinski definition) is 12. The van der Waals surface area contributed by atoms with Crippen molar-refractivity contribution in [2.75, 3.05) is 92.3 Å². The van der Waals surface area contributed by atoms with Crippen molar-refractivity contribution in [3.63, 3.8) is 0 Å². The van der Waals surface area contributed by atoms with Gasteiger partial charge in [0.2, 0.25) is 49.2 Å². The van der Waals surface area contributed by atoms with E-state index in [0.29, 0.717) is 70.6 Å². The monoisotopic (exact) mass is 1770 g/mol. The fourth-order valence-corrected chi connectivity index (χ4v) is 13.8. The molecule has 42 heteroatoms. The molecule has 658 valence electrons. The molecule has 1 atom stereocenters. The Morgan fingerprint density at radius 2 is 0.913 bits per heavy atom. The lowest BCUT2D eigenvalue weighted by atomic mass is 9.93. The van der Waals surface area contributed by atoms with Gasteiger partial charge in [0.1, 0.15) is 62.7 Å². The Morgan fingerprint density at radius 3 is 1.46 bits per heavy atom. The molecule has 3 aliphatic carbocycles. The molecule has 19 rings (SSSR count). The number of H-pyrrole nitrogens is 1. The number of carbonyl (C=O) groups excluding carboxylic acids is 1. The van der Waals surface area contributed by atoms with E-state index in [1.54, 1.807) is 73.9 Å². The van der Waals surface area contributed by atoms with Crippen LogP contribution in [-0.2, 0) is 55.2 Å². The maximum atomic E-state index is 13.5. The summed E-state index contributed by atoms with van der Waals surface area (Å²) in [6, 6.07) is 33.5. The van der Waals surface area contributed by atoms with E-state index < -0.39 is 47.0 Å². The quantitative estimate of drug-likeness (QED) is 0.0249. The fraction of sp³-hybridized carbons (Fsp3) is 0.310. The lowest BCUT2D eigenvalue weighted by molar-refractivity contribution is -0.138. The van der Waals surface area contributed by atoms with Crippen LogP contribution in [0.15, 0.2) is 153 Å². The van der Waals surface area contributed by atoms with Crippen molar-refractivity contribution in [1.82, 2.24) is 59.8 Å². The number of carbonyl (C=O) groups is 1. The largest absolute Gasteiger partial charge is 0.493 e. The Morgan fingerprint density at radius 1 is 0.444 bits per heavy atom. The molecule has 0 spiro atoms. The number of hydrogen-bond acceptors (Lipinski definition) is 27. The number of benzene rings is 5. The van der Waals surface area contributed by atoms with Gasteiger partial charge < -0.3 is 87.2 Å². The molecule has 2 fully saturated rings. The van der Waals surface area contributed by atoms with Gasteiger partial charge in [-0.15, -0.1) is 11.6 Å². The molecular weight excluding hydrogens is 1690 g/mol. The summed E-state index contributed by atoms with van der Waals surface area (Å²) in [5.41, 5.74) is 6.41. The smallest absolute Gasteiger partial charge is 0.421 e. The van der Waals surface area contributed by atoms with E-state index in [-0.39, 0.29) is 90.6 Å². The first kappa shape index (κ1) is 87.0. The summed E-state index contributed by atoms with van der Waals surface area (Å²) in [5, 5.41) is 32.5. The second-order valence-electron chi connectivity index (χ2n) is 29.8. The van der Waals surface area contributed by atoms with E-state index in [9.17, 15) is 57.5 Å². The van der Waals surface area contributed by atoms with Gasteiger partial charge in [-0.3, -0.25) is 4.79 Å². The summed E-state index contributed by atoms with van der Waals surface area (Å²) in [6.45, 7) is 4.77. The lowest BCUT2D eigenvalue weighted by Gasteiger charge is -2.27. The first-order chi connectivity index (χ1) is 60.4. The van der Waals surface area contributed by atoms with Crippen LogP contribution in [0.4, 0.5) is 146 Å². The van der Waals surface area contributed by atoms with Gasteiger partial charge in [-0.2, -0.15) is 77.6 Å². The zero-order valence-corrected chi connectivity index (χ0v) is 67.9. The highest BCUT2D eigenvalue weighted by atomic mass is 35.5. The molecule has 11 heterocycles. The van der Waals surface area contributed by atoms with Crippen molar-refractivity contribution in [3.05, 3.63) is 203 Å². The highest BCUT2D eigenvalue weighted by Gasteiger charge is 2.40. The summed E-state index contributed by atoms with van der Waals surface area (Å²) in [7, 11) is 1.37. The van der Waals surface area contributed by atoms with E-state index in [4.69, 9.17) is 35.3 Å². The van der Waals surface area contributed by atoms with E-state index in [0.717, 1.165) is 115 Å². The van der Waals surface area contributed by atoms with Crippen LogP contribution in [0, 0.1) is 6.92 Å². The molecule has 12 aromatic rings. The predicted molar refractivity (Wildman–Crippen MR) is 449 cm³/mol. The average molecular weight is 1770 g/mol. The SMILES string of the molecule is CC(Cl)CNc1nc(Nc2ccc3c(c2)CCC(=O)N3)ncc1C(F)(F)F.CNc1nc(Nc2cnc3[nH]ccc3c2)ncc1C(F)(F)F.Cc1cnc(Nc2ccc3c(c2)CCO3)nc1NC1CCC1.FC(F)(F)c1cnc(NC2CCC2)nc1Nc1ccc2c(c1)OCO2.FC(F)(F)c1cnc(NC2Cc3ccccc3C2)nc1Nc1ccc2c(c1)OCO2. The zero-order valence-electron chi connectivity index (χ0n) is 67.1. The number of rotatable bonds is 20. The van der Waals surface area contributed by atoms with Crippen LogP contribution in [0.5, 0.6) is 28.7 Å². The molecule has 0 bridgehead atoms. The second-order valence-corrected chi connectivity index (χ2v) is 30.5. The molecule has 7 aromatic heterocycles. The van der Waals surface area contributed by atoms with Crippen LogP contribution in [-0.4, -0.2) is 123 Å². The molecule has 126 heavy (non-hydrogen) atoms. The number of halogens is 13. The Labute approximate surface area is 715 Å². The van der Waals surface area contributed by atoms with Crippen molar-refractivity contribution >= 4 is 121 Å². The summed E-state index contributed by atoms with van der Waals surface area (Å²) in [6.07, 6.45) is 0.254. The van der Waals surface area contributed by atoms with Crippen LogP contribution >= 0.6 is 11.6 Å². The third kappa shape index (κ3) is 22.2. The lowest BCUT2D eigenvalue weighted by Crippen LogP contribution is -2.28. The molecule has 12 N–H and O–H groups in total. The van der Waals surface area contributed by atoms with E-state index in [2.05, 4.69) is 136 Å². The van der Waals surface area contributed by atoms with Crippen molar-refractivity contribution in [3.8, 4) is 28.7 Å². The molecular formula is C84H80ClF12N23O6. The zero-order chi connectivity index (χ0) is 88.4. The van der Waals surface area contributed by atoms with Crippen molar-refractivity contribution in [2.24, 2.45) is 0 Å². The summed E-state index contributed by atoms with van der Waals surface area (Å²) < 4.78 is 185. The third-order valence-electron chi connectivity index (χ3n) is 20.5. The third-order valence-corrected chi connectivity index (χ3v) is 20.7. The number of aromatic amines is 1. The average Bonchev–Trinajstić information content (AvgIpc) is 1.17. The van der Waals surface area contributed by atoms with Crippen LogP contribution in [0.2, 0.25) is 0 Å². The van der Waals surface area contributed by atoms with E-state index in [1.165, 1.54) is 43.0 Å². The number of anilines is 16. The number of amides is 1. The molecule has 0 radical (unpaired) electrons. The predicted octanol–water partition coefficient (Wildman–Crippen LogP) is 19.2. The van der Waals surface area contributed by atoms with Gasteiger partial charge in [0.25, 0.3) is 0 Å². The highest BCUT2D eigenvalue weighted by Crippen LogP contribution is 2.44. The summed E-state index contributed by atoms with van der Waals surface area (Å²) in [5.74, 6) is 3.69. The normalized spacial score (nSPS) is 15.0. The minimum Gasteiger partial charge on any atom is -0.493 e. The minimum atomic E-state index is -4.60. The Hall–Kier alpha value is -13.9. The summed E-state index contributed by atoms with van der Waals surface area (Å²) >= 11 is 5.81. The first-order valence-corrected chi connectivity index (χ1v) is 40.1. The Kier molecular flexibility index (Phi) is 26.0. The number of aromatic nitrogens is 12. The van der Waals surface area contributed by atoms with Crippen molar-refractivity contribution in [2.45, 2.75) is 133 Å². The van der Waals surface area contributed by atoms with Crippen molar-refractivity contribution < 1.29 is 81.2 Å². The van der Waals surface area contributed by atoms with Gasteiger partial charge >= 0.3 is 24.7 Å². The second kappa shape index (κ2) is 37.7. The van der Waals surface area contributed by atoms with Crippen LogP contribution in [0.1, 0.15) is 102 Å². The van der Waals surface area contributed by atoms with Gasteiger partial charge in [0.15, 0.2) is 23.0 Å².